The Morgan fingerprint density at radius 1 is 1.29 bits per heavy atom. The number of amides is 2. The smallest absolute Gasteiger partial charge is 0.413 e. The Labute approximate surface area is 121 Å². The number of nitrogens with one attached hydrogen (secondary N) is 1. The van der Waals surface area contributed by atoms with Crippen molar-refractivity contribution in [3.05, 3.63) is 11.4 Å². The molecule has 0 bridgehead atoms. The van der Waals surface area contributed by atoms with Crippen molar-refractivity contribution in [3.63, 3.8) is 0 Å². The molecule has 0 aliphatic heterocycles. The van der Waals surface area contributed by atoms with E-state index in [4.69, 9.17) is 4.74 Å². The highest BCUT2D eigenvalue weighted by atomic mass is 16.5. The van der Waals surface area contributed by atoms with Crippen molar-refractivity contribution < 1.29 is 23.9 Å². The largest absolute Gasteiger partial charge is 0.461 e. The molecule has 0 radical (unpaired) electrons. The summed E-state index contributed by atoms with van der Waals surface area (Å²) in [6, 6.07) is 0. The van der Waals surface area contributed by atoms with Crippen LogP contribution in [0, 0.1) is 0 Å². The fraction of sp³-hybridized carbons (Fsp3) is 0.583. The van der Waals surface area contributed by atoms with E-state index < -0.39 is 18.0 Å². The Kier molecular flexibility index (Phi) is 6.31. The zero-order chi connectivity index (χ0) is 15.8. The van der Waals surface area contributed by atoms with Gasteiger partial charge in [-0.2, -0.15) is 0 Å². The maximum atomic E-state index is 11.8. The minimum Gasteiger partial charge on any atom is -0.461 e. The monoisotopic (exact) mass is 298 g/mol. The lowest BCUT2D eigenvalue weighted by Gasteiger charge is -2.07. The van der Waals surface area contributed by atoms with E-state index >= 15 is 0 Å². The zero-order valence-electron chi connectivity index (χ0n) is 12.2. The molecule has 0 aliphatic rings. The van der Waals surface area contributed by atoms with E-state index in [2.05, 4.69) is 15.0 Å². The average Bonchev–Trinajstić information content (AvgIpc) is 2.82. The minimum absolute atomic E-state index is 0.0876. The fourth-order valence-corrected chi connectivity index (χ4v) is 1.64. The van der Waals surface area contributed by atoms with Crippen LogP contribution in [0.25, 0.3) is 0 Å². The maximum Gasteiger partial charge on any atom is 0.413 e. The second-order valence-corrected chi connectivity index (χ2v) is 4.05. The zero-order valence-corrected chi connectivity index (χ0v) is 12.2. The number of carbonyl (C=O) groups excluding carboxylic acids is 3. The summed E-state index contributed by atoms with van der Waals surface area (Å²) in [4.78, 5) is 34.3. The average molecular weight is 298 g/mol. The summed E-state index contributed by atoms with van der Waals surface area (Å²) in [6.45, 7) is 3.59. The first-order valence-corrected chi connectivity index (χ1v) is 6.50. The summed E-state index contributed by atoms with van der Waals surface area (Å²) in [5, 5.41) is 9.52. The van der Waals surface area contributed by atoms with Gasteiger partial charge in [-0.3, -0.25) is 10.1 Å². The van der Waals surface area contributed by atoms with Crippen molar-refractivity contribution in [2.24, 2.45) is 0 Å². The Morgan fingerprint density at radius 3 is 2.57 bits per heavy atom. The van der Waals surface area contributed by atoms with Crippen LogP contribution in [-0.2, 0) is 27.2 Å². The predicted molar refractivity (Wildman–Crippen MR) is 70.5 cm³/mol. The number of methoxy groups -OCH3 is 1. The molecule has 21 heavy (non-hydrogen) atoms. The number of aromatic nitrogens is 3. The van der Waals surface area contributed by atoms with Crippen LogP contribution in [0.2, 0.25) is 0 Å². The molecule has 1 aromatic rings. The van der Waals surface area contributed by atoms with Gasteiger partial charge in [0.25, 0.3) is 5.91 Å². The van der Waals surface area contributed by atoms with Crippen LogP contribution in [0.5, 0.6) is 0 Å². The lowest BCUT2D eigenvalue weighted by Crippen LogP contribution is -2.33. The van der Waals surface area contributed by atoms with E-state index in [1.54, 1.807) is 6.92 Å². The third kappa shape index (κ3) is 4.55. The summed E-state index contributed by atoms with van der Waals surface area (Å²) >= 11 is 0. The van der Waals surface area contributed by atoms with Gasteiger partial charge in [-0.25, -0.2) is 14.3 Å². The molecule has 0 saturated carbocycles. The summed E-state index contributed by atoms with van der Waals surface area (Å²) in [7, 11) is 1.15. The quantitative estimate of drug-likeness (QED) is 0.751. The first kappa shape index (κ1) is 16.6. The molecule has 0 fully saturated rings. The van der Waals surface area contributed by atoms with Gasteiger partial charge in [-0.1, -0.05) is 18.6 Å². The normalized spacial score (nSPS) is 10.0. The number of alkyl carbamates (subject to hydrolysis) is 1. The van der Waals surface area contributed by atoms with Gasteiger partial charge in [-0.05, 0) is 13.3 Å². The molecule has 0 spiro atoms. The number of esters is 1. The molecule has 0 aliphatic carbocycles. The number of hydrogen-bond donors (Lipinski definition) is 1. The molecule has 116 valence electrons. The topological polar surface area (TPSA) is 112 Å². The van der Waals surface area contributed by atoms with Crippen LogP contribution in [0.1, 0.15) is 36.5 Å². The first-order valence-electron chi connectivity index (χ1n) is 6.50. The lowest BCUT2D eigenvalue weighted by molar-refractivity contribution is -0.121. The number of ether oxygens (including phenoxy) is 2. The van der Waals surface area contributed by atoms with Crippen LogP contribution in [0.15, 0.2) is 0 Å². The Morgan fingerprint density at radius 2 is 2.00 bits per heavy atom. The van der Waals surface area contributed by atoms with E-state index in [0.29, 0.717) is 12.1 Å². The molecule has 1 heterocycles. The Balaban J connectivity index is 2.89. The third-order valence-electron chi connectivity index (χ3n) is 2.51. The molecular weight excluding hydrogens is 280 g/mol. The molecule has 9 nitrogen and oxygen atoms in total. The van der Waals surface area contributed by atoms with Crippen molar-refractivity contribution in [1.29, 1.82) is 0 Å². The molecule has 1 N–H and O–H groups in total. The van der Waals surface area contributed by atoms with Crippen LogP contribution in [0.3, 0.4) is 0 Å². The van der Waals surface area contributed by atoms with E-state index in [1.165, 1.54) is 4.68 Å². The molecule has 0 saturated heterocycles. The van der Waals surface area contributed by atoms with Gasteiger partial charge < -0.3 is 9.47 Å². The van der Waals surface area contributed by atoms with Gasteiger partial charge in [0.2, 0.25) is 0 Å². The highest BCUT2D eigenvalue weighted by Crippen LogP contribution is 2.10. The number of imide groups is 1. The van der Waals surface area contributed by atoms with Crippen LogP contribution in [0.4, 0.5) is 4.79 Å². The van der Waals surface area contributed by atoms with E-state index in [9.17, 15) is 14.4 Å². The fourth-order valence-electron chi connectivity index (χ4n) is 1.64. The minimum atomic E-state index is -0.859. The molecule has 0 atom stereocenters. The SMILES string of the molecule is CCCc1c(C(=O)OCC)nnn1CC(=O)NC(=O)OC. The van der Waals surface area contributed by atoms with Gasteiger partial charge in [0, 0.05) is 0 Å². The van der Waals surface area contributed by atoms with Gasteiger partial charge in [0.1, 0.15) is 6.54 Å². The highest BCUT2D eigenvalue weighted by Gasteiger charge is 2.21. The molecular formula is C12H18N4O5. The van der Waals surface area contributed by atoms with Crippen LogP contribution >= 0.6 is 0 Å². The second kappa shape index (κ2) is 7.98. The molecule has 0 aromatic carbocycles. The van der Waals surface area contributed by atoms with Crippen LogP contribution < -0.4 is 5.32 Å². The van der Waals surface area contributed by atoms with Crippen molar-refractivity contribution in [2.75, 3.05) is 13.7 Å². The van der Waals surface area contributed by atoms with Crippen molar-refractivity contribution >= 4 is 18.0 Å². The van der Waals surface area contributed by atoms with E-state index in [-0.39, 0.29) is 18.8 Å². The number of carbonyl (C=O) groups is 3. The van der Waals surface area contributed by atoms with Gasteiger partial charge in [0.15, 0.2) is 5.69 Å². The summed E-state index contributed by atoms with van der Waals surface area (Å²) in [5.74, 6) is -1.19. The third-order valence-corrected chi connectivity index (χ3v) is 2.51. The Bertz CT molecular complexity index is 526. The molecule has 1 aromatic heterocycles. The predicted octanol–water partition coefficient (Wildman–Crippen LogP) is 0.290. The summed E-state index contributed by atoms with van der Waals surface area (Å²) < 4.78 is 10.5. The van der Waals surface area contributed by atoms with Crippen molar-refractivity contribution in [3.8, 4) is 0 Å². The molecule has 2 amide bonds. The maximum absolute atomic E-state index is 11.8. The van der Waals surface area contributed by atoms with Crippen LogP contribution in [-0.4, -0.2) is 46.7 Å². The van der Waals surface area contributed by atoms with Gasteiger partial charge >= 0.3 is 12.1 Å². The summed E-state index contributed by atoms with van der Waals surface area (Å²) in [6.07, 6.45) is 0.383. The van der Waals surface area contributed by atoms with Gasteiger partial charge in [0.05, 0.1) is 19.4 Å². The number of hydrogen-bond acceptors (Lipinski definition) is 7. The lowest BCUT2D eigenvalue weighted by atomic mass is 10.2. The standard InChI is InChI=1S/C12H18N4O5/c1-4-6-8-10(11(18)21-5-2)14-15-16(8)7-9(17)13-12(19)20-3/h4-7H2,1-3H3,(H,13,17,19). The van der Waals surface area contributed by atoms with E-state index in [1.807, 2.05) is 12.2 Å². The summed E-state index contributed by atoms with van der Waals surface area (Å²) in [5.41, 5.74) is 0.584. The Hall–Kier alpha value is -2.45. The van der Waals surface area contributed by atoms with Gasteiger partial charge in [-0.15, -0.1) is 5.10 Å². The van der Waals surface area contributed by atoms with Crippen molar-refractivity contribution in [2.45, 2.75) is 33.2 Å². The van der Waals surface area contributed by atoms with E-state index in [0.717, 1.165) is 13.5 Å². The first-order chi connectivity index (χ1) is 10.0. The number of nitrogens with zero attached hydrogens (tertiary/aromatic N) is 3. The molecule has 9 heteroatoms. The van der Waals surface area contributed by atoms with Crippen molar-refractivity contribution in [1.82, 2.24) is 20.3 Å². The number of rotatable bonds is 6. The molecule has 1 rings (SSSR count). The second-order valence-electron chi connectivity index (χ2n) is 4.05. The molecule has 0 unspecified atom stereocenters. The highest BCUT2D eigenvalue weighted by molar-refractivity contribution is 5.92.